The van der Waals surface area contributed by atoms with Crippen LogP contribution in [-0.4, -0.2) is 6.10 Å². The molecule has 1 aliphatic rings. The van der Waals surface area contributed by atoms with Crippen molar-refractivity contribution in [2.45, 2.75) is 38.2 Å². The van der Waals surface area contributed by atoms with Gasteiger partial charge in [-0.15, -0.1) is 0 Å². The highest BCUT2D eigenvalue weighted by Crippen LogP contribution is 2.33. The van der Waals surface area contributed by atoms with Crippen LogP contribution in [0.2, 0.25) is 0 Å². The van der Waals surface area contributed by atoms with E-state index in [0.29, 0.717) is 6.10 Å². The van der Waals surface area contributed by atoms with Gasteiger partial charge in [0.2, 0.25) is 0 Å². The minimum absolute atomic E-state index is 0.372. The van der Waals surface area contributed by atoms with Gasteiger partial charge in [0.1, 0.15) is 5.75 Å². The van der Waals surface area contributed by atoms with Gasteiger partial charge in [-0.3, -0.25) is 0 Å². The summed E-state index contributed by atoms with van der Waals surface area (Å²) in [5.41, 5.74) is 6.54. The van der Waals surface area contributed by atoms with Gasteiger partial charge in [-0.2, -0.15) is 0 Å². The highest BCUT2D eigenvalue weighted by molar-refractivity contribution is 9.10. The molecule has 0 unspecified atom stereocenters. The first-order valence-corrected chi connectivity index (χ1v) is 6.27. The second-order valence-corrected chi connectivity index (χ2v) is 4.83. The van der Waals surface area contributed by atoms with Crippen molar-refractivity contribution in [2.75, 3.05) is 5.73 Å². The highest BCUT2D eigenvalue weighted by atomic mass is 79.9. The Hall–Kier alpha value is -0.700. The lowest BCUT2D eigenvalue weighted by Crippen LogP contribution is -2.19. The second kappa shape index (κ2) is 4.88. The number of hydrogen-bond acceptors (Lipinski definition) is 2. The normalized spacial score (nSPS) is 17.7. The molecule has 0 bridgehead atoms. The Balaban J connectivity index is 2.06. The summed E-state index contributed by atoms with van der Waals surface area (Å²) in [5.74, 6) is 0.877. The third kappa shape index (κ3) is 2.65. The molecule has 1 aliphatic carbocycles. The van der Waals surface area contributed by atoms with E-state index in [0.717, 1.165) is 15.9 Å². The quantitative estimate of drug-likeness (QED) is 0.831. The zero-order chi connectivity index (χ0) is 10.7. The lowest BCUT2D eigenvalue weighted by Gasteiger charge is -2.23. The Bertz CT molecular complexity index is 334. The van der Waals surface area contributed by atoms with Crippen LogP contribution in [0.4, 0.5) is 5.69 Å². The van der Waals surface area contributed by atoms with Crippen LogP contribution in [0.1, 0.15) is 32.1 Å². The van der Waals surface area contributed by atoms with Crippen molar-refractivity contribution in [2.24, 2.45) is 0 Å². The molecule has 3 heteroatoms. The zero-order valence-corrected chi connectivity index (χ0v) is 10.3. The maximum Gasteiger partial charge on any atom is 0.135 e. The first kappa shape index (κ1) is 10.8. The van der Waals surface area contributed by atoms with Crippen molar-refractivity contribution in [3.05, 3.63) is 22.7 Å². The Kier molecular flexibility index (Phi) is 3.52. The first-order valence-electron chi connectivity index (χ1n) is 5.48. The second-order valence-electron chi connectivity index (χ2n) is 4.04. The summed E-state index contributed by atoms with van der Waals surface area (Å²) in [5, 5.41) is 0. The first-order chi connectivity index (χ1) is 7.27. The van der Waals surface area contributed by atoms with E-state index in [9.17, 15) is 0 Å². The Morgan fingerprint density at radius 3 is 2.67 bits per heavy atom. The van der Waals surface area contributed by atoms with Gasteiger partial charge in [0.25, 0.3) is 0 Å². The molecule has 1 fully saturated rings. The number of nitrogens with two attached hydrogens (primary N) is 1. The van der Waals surface area contributed by atoms with Crippen molar-refractivity contribution < 1.29 is 4.74 Å². The molecule has 0 saturated heterocycles. The summed E-state index contributed by atoms with van der Waals surface area (Å²) in [6.07, 6.45) is 6.62. The molecule has 2 rings (SSSR count). The Labute approximate surface area is 98.9 Å². The Morgan fingerprint density at radius 2 is 1.93 bits per heavy atom. The van der Waals surface area contributed by atoms with E-state index in [1.165, 1.54) is 32.1 Å². The van der Waals surface area contributed by atoms with Gasteiger partial charge in [0.15, 0.2) is 0 Å². The molecular formula is C12H16BrNO. The van der Waals surface area contributed by atoms with Crippen molar-refractivity contribution in [1.29, 1.82) is 0 Å². The average molecular weight is 270 g/mol. The molecule has 82 valence electrons. The van der Waals surface area contributed by atoms with E-state index < -0.39 is 0 Å². The largest absolute Gasteiger partial charge is 0.489 e. The molecule has 0 atom stereocenters. The molecule has 0 radical (unpaired) electrons. The molecular weight excluding hydrogens is 254 g/mol. The van der Waals surface area contributed by atoms with Gasteiger partial charge in [-0.05, 0) is 53.7 Å². The van der Waals surface area contributed by atoms with E-state index in [-0.39, 0.29) is 0 Å². The van der Waals surface area contributed by atoms with Crippen molar-refractivity contribution in [3.8, 4) is 5.75 Å². The van der Waals surface area contributed by atoms with Gasteiger partial charge in [0.05, 0.1) is 10.6 Å². The van der Waals surface area contributed by atoms with E-state index in [4.69, 9.17) is 10.5 Å². The Morgan fingerprint density at radius 1 is 1.20 bits per heavy atom. The SMILES string of the molecule is Nc1cccc(OC2CCCCC2)c1Br. The molecule has 2 N–H and O–H groups in total. The fraction of sp³-hybridized carbons (Fsp3) is 0.500. The molecule has 1 saturated carbocycles. The smallest absolute Gasteiger partial charge is 0.135 e. The van der Waals surface area contributed by atoms with Crippen LogP contribution in [-0.2, 0) is 0 Å². The highest BCUT2D eigenvalue weighted by Gasteiger charge is 2.16. The number of ether oxygens (including phenoxy) is 1. The van der Waals surface area contributed by atoms with Crippen LogP contribution in [0.15, 0.2) is 22.7 Å². The van der Waals surface area contributed by atoms with Crippen molar-refractivity contribution in [3.63, 3.8) is 0 Å². The monoisotopic (exact) mass is 269 g/mol. The van der Waals surface area contributed by atoms with Crippen LogP contribution in [0.3, 0.4) is 0 Å². The minimum Gasteiger partial charge on any atom is -0.489 e. The molecule has 0 aromatic heterocycles. The average Bonchev–Trinajstić information content (AvgIpc) is 2.26. The summed E-state index contributed by atoms with van der Waals surface area (Å²) in [7, 11) is 0. The predicted molar refractivity (Wildman–Crippen MR) is 66.1 cm³/mol. The summed E-state index contributed by atoms with van der Waals surface area (Å²) in [4.78, 5) is 0. The van der Waals surface area contributed by atoms with Crippen molar-refractivity contribution in [1.82, 2.24) is 0 Å². The topological polar surface area (TPSA) is 35.2 Å². The molecule has 0 amide bonds. The maximum absolute atomic E-state index is 5.94. The van der Waals surface area contributed by atoms with Crippen LogP contribution in [0.25, 0.3) is 0 Å². The van der Waals surface area contributed by atoms with Crippen LogP contribution >= 0.6 is 15.9 Å². The van der Waals surface area contributed by atoms with Crippen molar-refractivity contribution >= 4 is 21.6 Å². The number of rotatable bonds is 2. The molecule has 0 heterocycles. The van der Waals surface area contributed by atoms with E-state index >= 15 is 0 Å². The van der Waals surface area contributed by atoms with Gasteiger partial charge >= 0.3 is 0 Å². The fourth-order valence-electron chi connectivity index (χ4n) is 1.98. The van der Waals surface area contributed by atoms with Gasteiger partial charge in [-0.1, -0.05) is 12.5 Å². The summed E-state index contributed by atoms with van der Waals surface area (Å²) in [6, 6.07) is 5.77. The number of hydrogen-bond donors (Lipinski definition) is 1. The zero-order valence-electron chi connectivity index (χ0n) is 8.71. The molecule has 15 heavy (non-hydrogen) atoms. The van der Waals surface area contributed by atoms with Gasteiger partial charge < -0.3 is 10.5 Å². The number of halogens is 1. The lowest BCUT2D eigenvalue weighted by atomic mass is 9.98. The standard InChI is InChI=1S/C12H16BrNO/c13-12-10(14)7-4-8-11(12)15-9-5-2-1-3-6-9/h4,7-9H,1-3,5-6,14H2. The van der Waals surface area contributed by atoms with Crippen LogP contribution in [0.5, 0.6) is 5.75 Å². The minimum atomic E-state index is 0.372. The predicted octanol–water partition coefficient (Wildman–Crippen LogP) is 3.74. The summed E-state index contributed by atoms with van der Waals surface area (Å²) >= 11 is 3.46. The van der Waals surface area contributed by atoms with E-state index in [1.807, 2.05) is 18.2 Å². The number of nitrogen functional groups attached to an aromatic ring is 1. The summed E-state index contributed by atoms with van der Waals surface area (Å²) < 4.78 is 6.82. The van der Waals surface area contributed by atoms with Gasteiger partial charge in [-0.25, -0.2) is 0 Å². The fourth-order valence-corrected chi connectivity index (χ4v) is 2.34. The third-order valence-corrected chi connectivity index (χ3v) is 3.69. The van der Waals surface area contributed by atoms with E-state index in [1.54, 1.807) is 0 Å². The van der Waals surface area contributed by atoms with Gasteiger partial charge in [0, 0.05) is 5.69 Å². The molecule has 1 aromatic carbocycles. The molecule has 0 aliphatic heterocycles. The maximum atomic E-state index is 5.94. The molecule has 2 nitrogen and oxygen atoms in total. The lowest BCUT2D eigenvalue weighted by molar-refractivity contribution is 0.154. The van der Waals surface area contributed by atoms with Crippen LogP contribution < -0.4 is 10.5 Å². The third-order valence-electron chi connectivity index (χ3n) is 2.84. The number of benzene rings is 1. The number of anilines is 1. The van der Waals surface area contributed by atoms with Crippen LogP contribution in [0, 0.1) is 0 Å². The molecule has 1 aromatic rings. The summed E-state index contributed by atoms with van der Waals surface area (Å²) in [6.45, 7) is 0. The molecule has 0 spiro atoms. The van der Waals surface area contributed by atoms with E-state index in [2.05, 4.69) is 15.9 Å².